The fraction of sp³-hybridized carbons (Fsp3) is 0.875. The Labute approximate surface area is 122 Å². The van der Waals surface area contributed by atoms with Crippen molar-refractivity contribution in [1.82, 2.24) is 9.80 Å². The maximum Gasteiger partial charge on any atom is 0.312 e. The summed E-state index contributed by atoms with van der Waals surface area (Å²) >= 11 is 0. The summed E-state index contributed by atoms with van der Waals surface area (Å²) in [5.41, 5.74) is 0. The molecule has 114 valence electrons. The first-order valence-electron chi connectivity index (χ1n) is 8.19. The van der Waals surface area contributed by atoms with Crippen LogP contribution in [-0.4, -0.2) is 46.3 Å². The topological polar surface area (TPSA) is 40.6 Å². The van der Waals surface area contributed by atoms with Crippen LogP contribution in [0, 0.1) is 0 Å². The Hall–Kier alpha value is -1.06. The number of amides is 2. The Morgan fingerprint density at radius 2 is 1.60 bits per heavy atom. The molecule has 4 heteroatoms. The van der Waals surface area contributed by atoms with Crippen LogP contribution in [0.4, 0.5) is 0 Å². The molecule has 0 N–H and O–H groups in total. The van der Waals surface area contributed by atoms with Gasteiger partial charge < -0.3 is 9.80 Å². The fourth-order valence-electron chi connectivity index (χ4n) is 3.75. The smallest absolute Gasteiger partial charge is 0.312 e. The minimum Gasteiger partial charge on any atom is -0.331 e. The average Bonchev–Trinajstić information content (AvgIpc) is 2.46. The predicted molar refractivity (Wildman–Crippen MR) is 79.3 cm³/mol. The van der Waals surface area contributed by atoms with E-state index in [1.165, 1.54) is 6.42 Å². The molecule has 0 aromatic rings. The molecule has 2 rings (SSSR count). The van der Waals surface area contributed by atoms with Crippen molar-refractivity contribution in [3.05, 3.63) is 0 Å². The summed E-state index contributed by atoms with van der Waals surface area (Å²) in [6, 6.07) is 0.649. The minimum atomic E-state index is -0.273. The third-order valence-corrected chi connectivity index (χ3v) is 4.97. The summed E-state index contributed by atoms with van der Waals surface area (Å²) in [6.45, 7) is 6.98. The van der Waals surface area contributed by atoms with E-state index >= 15 is 0 Å². The van der Waals surface area contributed by atoms with Gasteiger partial charge in [-0.25, -0.2) is 0 Å². The van der Waals surface area contributed by atoms with Crippen molar-refractivity contribution in [2.45, 2.75) is 83.8 Å². The normalized spacial score (nSPS) is 31.2. The molecule has 0 spiro atoms. The van der Waals surface area contributed by atoms with E-state index in [1.54, 1.807) is 0 Å². The molecule has 0 aromatic heterocycles. The van der Waals surface area contributed by atoms with Crippen molar-refractivity contribution in [3.63, 3.8) is 0 Å². The number of carbonyl (C=O) groups excluding carboxylic acids is 2. The number of rotatable bonds is 1. The Bertz CT molecular complexity index is 359. The molecule has 20 heavy (non-hydrogen) atoms. The van der Waals surface area contributed by atoms with Gasteiger partial charge in [0.05, 0.1) is 0 Å². The van der Waals surface area contributed by atoms with Gasteiger partial charge in [0.2, 0.25) is 0 Å². The first-order chi connectivity index (χ1) is 9.56. The summed E-state index contributed by atoms with van der Waals surface area (Å²) in [5, 5.41) is 0. The summed E-state index contributed by atoms with van der Waals surface area (Å²) in [7, 11) is 0. The number of nitrogens with zero attached hydrogens (tertiary/aromatic N) is 2. The quantitative estimate of drug-likeness (QED) is 0.693. The number of piperidine rings is 2. The second-order valence-electron chi connectivity index (χ2n) is 6.40. The van der Waals surface area contributed by atoms with Gasteiger partial charge in [-0.1, -0.05) is 6.92 Å². The van der Waals surface area contributed by atoms with Crippen LogP contribution in [0.5, 0.6) is 0 Å². The zero-order valence-corrected chi connectivity index (χ0v) is 13.1. The first kappa shape index (κ1) is 15.3. The van der Waals surface area contributed by atoms with Crippen LogP contribution in [0.2, 0.25) is 0 Å². The van der Waals surface area contributed by atoms with Crippen molar-refractivity contribution in [3.8, 4) is 0 Å². The molecule has 3 atom stereocenters. The lowest BCUT2D eigenvalue weighted by molar-refractivity contribution is -0.157. The molecule has 2 fully saturated rings. The van der Waals surface area contributed by atoms with Crippen LogP contribution >= 0.6 is 0 Å². The van der Waals surface area contributed by atoms with Crippen molar-refractivity contribution in [2.24, 2.45) is 0 Å². The van der Waals surface area contributed by atoms with E-state index in [4.69, 9.17) is 0 Å². The summed E-state index contributed by atoms with van der Waals surface area (Å²) in [6.07, 6.45) is 7.38. The maximum atomic E-state index is 12.6. The van der Waals surface area contributed by atoms with Gasteiger partial charge in [0.1, 0.15) is 0 Å². The second kappa shape index (κ2) is 6.59. The Morgan fingerprint density at radius 1 is 0.950 bits per heavy atom. The van der Waals surface area contributed by atoms with Gasteiger partial charge in [-0.2, -0.15) is 0 Å². The van der Waals surface area contributed by atoms with Crippen LogP contribution in [0.1, 0.15) is 65.7 Å². The average molecular weight is 280 g/mol. The molecule has 2 heterocycles. The molecular weight excluding hydrogens is 252 g/mol. The van der Waals surface area contributed by atoms with E-state index in [2.05, 4.69) is 20.8 Å². The molecule has 2 saturated heterocycles. The highest BCUT2D eigenvalue weighted by Gasteiger charge is 2.37. The van der Waals surface area contributed by atoms with E-state index in [-0.39, 0.29) is 29.9 Å². The van der Waals surface area contributed by atoms with Gasteiger partial charge in [0.15, 0.2) is 0 Å². The molecule has 2 aliphatic heterocycles. The van der Waals surface area contributed by atoms with Gasteiger partial charge in [-0.05, 0) is 58.8 Å². The van der Waals surface area contributed by atoms with Gasteiger partial charge in [0.25, 0.3) is 0 Å². The van der Waals surface area contributed by atoms with Crippen LogP contribution in [-0.2, 0) is 9.59 Å². The SMILES string of the molecule is CCC1CCCCN1C(=O)C(=O)N1C(C)CCCC1C. The minimum absolute atomic E-state index is 0.195. The summed E-state index contributed by atoms with van der Waals surface area (Å²) in [5.74, 6) is -0.540. The third-order valence-electron chi connectivity index (χ3n) is 4.97. The molecule has 0 aliphatic carbocycles. The zero-order valence-electron chi connectivity index (χ0n) is 13.1. The number of hydrogen-bond donors (Lipinski definition) is 0. The number of carbonyl (C=O) groups is 2. The Morgan fingerprint density at radius 3 is 2.20 bits per heavy atom. The molecule has 0 radical (unpaired) electrons. The second-order valence-corrected chi connectivity index (χ2v) is 6.40. The molecule has 2 amide bonds. The Kier molecular flexibility index (Phi) is 5.06. The highest BCUT2D eigenvalue weighted by molar-refractivity contribution is 6.35. The number of likely N-dealkylation sites (tertiary alicyclic amines) is 2. The van der Waals surface area contributed by atoms with E-state index in [9.17, 15) is 9.59 Å². The van der Waals surface area contributed by atoms with Crippen molar-refractivity contribution >= 4 is 11.8 Å². The monoisotopic (exact) mass is 280 g/mol. The molecular formula is C16H28N2O2. The van der Waals surface area contributed by atoms with Crippen LogP contribution in [0.15, 0.2) is 0 Å². The van der Waals surface area contributed by atoms with Gasteiger partial charge in [0, 0.05) is 24.7 Å². The van der Waals surface area contributed by atoms with Crippen LogP contribution in [0.25, 0.3) is 0 Å². The molecule has 0 bridgehead atoms. The lowest BCUT2D eigenvalue weighted by Crippen LogP contribution is -2.56. The van der Waals surface area contributed by atoms with E-state index in [1.807, 2.05) is 9.80 Å². The molecule has 2 aliphatic rings. The van der Waals surface area contributed by atoms with Crippen molar-refractivity contribution < 1.29 is 9.59 Å². The lowest BCUT2D eigenvalue weighted by atomic mass is 9.96. The largest absolute Gasteiger partial charge is 0.331 e. The van der Waals surface area contributed by atoms with Crippen molar-refractivity contribution in [2.75, 3.05) is 6.54 Å². The standard InChI is InChI=1S/C16H28N2O2/c1-4-14-10-5-6-11-17(14)15(19)16(20)18-12(2)8-7-9-13(18)3/h12-14H,4-11H2,1-3H3. The van der Waals surface area contributed by atoms with Gasteiger partial charge in [-0.15, -0.1) is 0 Å². The molecule has 0 aromatic carbocycles. The van der Waals surface area contributed by atoms with Gasteiger partial charge >= 0.3 is 11.8 Å². The van der Waals surface area contributed by atoms with Crippen LogP contribution in [0.3, 0.4) is 0 Å². The van der Waals surface area contributed by atoms with Gasteiger partial charge in [-0.3, -0.25) is 9.59 Å². The zero-order chi connectivity index (χ0) is 14.7. The highest BCUT2D eigenvalue weighted by Crippen LogP contribution is 2.25. The molecule has 0 saturated carbocycles. The van der Waals surface area contributed by atoms with Crippen LogP contribution < -0.4 is 0 Å². The predicted octanol–water partition coefficient (Wildman–Crippen LogP) is 2.57. The van der Waals surface area contributed by atoms with E-state index < -0.39 is 0 Å². The molecule has 4 nitrogen and oxygen atoms in total. The lowest BCUT2D eigenvalue weighted by Gasteiger charge is -2.41. The third kappa shape index (κ3) is 2.99. The Balaban J connectivity index is 2.08. The number of hydrogen-bond acceptors (Lipinski definition) is 2. The highest BCUT2D eigenvalue weighted by atomic mass is 16.2. The fourth-order valence-corrected chi connectivity index (χ4v) is 3.75. The van der Waals surface area contributed by atoms with E-state index in [0.29, 0.717) is 0 Å². The van der Waals surface area contributed by atoms with E-state index in [0.717, 1.165) is 45.1 Å². The summed E-state index contributed by atoms with van der Waals surface area (Å²) < 4.78 is 0. The maximum absolute atomic E-state index is 12.6. The van der Waals surface area contributed by atoms with Crippen molar-refractivity contribution in [1.29, 1.82) is 0 Å². The first-order valence-corrected chi connectivity index (χ1v) is 8.19. The molecule has 3 unspecified atom stereocenters. The summed E-state index contributed by atoms with van der Waals surface area (Å²) in [4.78, 5) is 28.9.